The van der Waals surface area contributed by atoms with Crippen molar-refractivity contribution in [2.75, 3.05) is 13.1 Å². The second-order valence-corrected chi connectivity index (χ2v) is 6.73. The summed E-state index contributed by atoms with van der Waals surface area (Å²) in [6.45, 7) is 14.2. The number of hydrogen-bond donors (Lipinski definition) is 1. The lowest BCUT2D eigenvalue weighted by molar-refractivity contribution is 0.295. The fraction of sp³-hybridized carbons (Fsp3) is 0.769. The van der Waals surface area contributed by atoms with Crippen LogP contribution < -0.4 is 0 Å². The zero-order valence-corrected chi connectivity index (χ0v) is 13.3. The minimum Gasteiger partial charge on any atom is -0.297 e. The number of hydrogen-bond acceptors (Lipinski definition) is 4. The summed E-state index contributed by atoms with van der Waals surface area (Å²) in [7, 11) is 0. The van der Waals surface area contributed by atoms with Crippen molar-refractivity contribution in [1.29, 1.82) is 0 Å². The Balaban J connectivity index is 2.93. The molecular weight excluding hydrogens is 248 g/mol. The van der Waals surface area contributed by atoms with Crippen LogP contribution in [0.5, 0.6) is 0 Å². The Bertz CT molecular complexity index is 349. The van der Waals surface area contributed by atoms with Gasteiger partial charge in [0.15, 0.2) is 0 Å². The first-order valence-electron chi connectivity index (χ1n) is 6.24. The Morgan fingerprint density at radius 3 is 2.18 bits per heavy atom. The lowest BCUT2D eigenvalue weighted by atomic mass is 9.91. The second-order valence-electron chi connectivity index (χ2n) is 5.25. The SMILES string of the molecule is CCN(CC)Cc1nc(C(C)(C)C)c(CS)s1. The van der Waals surface area contributed by atoms with Crippen LogP contribution in [0.3, 0.4) is 0 Å². The van der Waals surface area contributed by atoms with Crippen molar-refractivity contribution in [1.82, 2.24) is 9.88 Å². The van der Waals surface area contributed by atoms with E-state index in [0.717, 1.165) is 25.4 Å². The first kappa shape index (κ1) is 15.0. The van der Waals surface area contributed by atoms with Crippen molar-refractivity contribution in [3.8, 4) is 0 Å². The molecule has 17 heavy (non-hydrogen) atoms. The van der Waals surface area contributed by atoms with Gasteiger partial charge in [0.2, 0.25) is 0 Å². The molecular formula is C13H24N2S2. The molecule has 4 heteroatoms. The van der Waals surface area contributed by atoms with E-state index >= 15 is 0 Å². The van der Waals surface area contributed by atoms with E-state index in [2.05, 4.69) is 52.1 Å². The molecule has 0 N–H and O–H groups in total. The third-order valence-corrected chi connectivity index (χ3v) is 4.42. The molecule has 0 aromatic carbocycles. The van der Waals surface area contributed by atoms with Crippen LogP contribution in [0.4, 0.5) is 0 Å². The predicted molar refractivity (Wildman–Crippen MR) is 80.1 cm³/mol. The fourth-order valence-electron chi connectivity index (χ4n) is 1.80. The monoisotopic (exact) mass is 272 g/mol. The van der Waals surface area contributed by atoms with Gasteiger partial charge in [-0.25, -0.2) is 4.98 Å². The lowest BCUT2D eigenvalue weighted by Crippen LogP contribution is -2.22. The lowest BCUT2D eigenvalue weighted by Gasteiger charge is -2.17. The molecule has 0 aliphatic rings. The van der Waals surface area contributed by atoms with E-state index in [1.165, 1.54) is 15.6 Å². The maximum absolute atomic E-state index is 4.82. The highest BCUT2D eigenvalue weighted by Crippen LogP contribution is 2.31. The summed E-state index contributed by atoms with van der Waals surface area (Å²) < 4.78 is 0. The maximum atomic E-state index is 4.82. The topological polar surface area (TPSA) is 16.1 Å². The van der Waals surface area contributed by atoms with Crippen molar-refractivity contribution in [2.45, 2.75) is 52.3 Å². The predicted octanol–water partition coefficient (Wildman–Crippen LogP) is 3.71. The standard InChI is InChI=1S/C13H24N2S2/c1-6-15(7-2)8-11-14-12(13(3,4)5)10(9-16)17-11/h16H,6-9H2,1-5H3. The van der Waals surface area contributed by atoms with Crippen LogP contribution >= 0.6 is 24.0 Å². The average molecular weight is 272 g/mol. The molecule has 1 rings (SSSR count). The second kappa shape index (κ2) is 6.21. The van der Waals surface area contributed by atoms with Crippen molar-refractivity contribution < 1.29 is 0 Å². The van der Waals surface area contributed by atoms with Crippen LogP contribution in [0.2, 0.25) is 0 Å². The molecule has 0 spiro atoms. The first-order chi connectivity index (χ1) is 7.92. The van der Waals surface area contributed by atoms with Gasteiger partial charge in [0.25, 0.3) is 0 Å². The average Bonchev–Trinajstić information content (AvgIpc) is 2.68. The molecule has 0 atom stereocenters. The first-order valence-corrected chi connectivity index (χ1v) is 7.69. The molecule has 1 aromatic rings. The highest BCUT2D eigenvalue weighted by atomic mass is 32.1. The molecule has 0 aliphatic heterocycles. The third kappa shape index (κ3) is 3.97. The number of thiol groups is 1. The molecule has 0 saturated carbocycles. The van der Waals surface area contributed by atoms with Gasteiger partial charge in [-0.05, 0) is 13.1 Å². The Labute approximate surface area is 115 Å². The third-order valence-electron chi connectivity index (χ3n) is 2.85. The molecule has 0 bridgehead atoms. The summed E-state index contributed by atoms with van der Waals surface area (Å²) in [4.78, 5) is 8.53. The Kier molecular flexibility index (Phi) is 5.48. The zero-order chi connectivity index (χ0) is 13.1. The summed E-state index contributed by atoms with van der Waals surface area (Å²) in [6.07, 6.45) is 0. The van der Waals surface area contributed by atoms with Crippen LogP contribution in [0.1, 0.15) is 50.2 Å². The molecule has 0 amide bonds. The van der Waals surface area contributed by atoms with E-state index in [0.29, 0.717) is 0 Å². The Hall–Kier alpha value is -0.0600. The van der Waals surface area contributed by atoms with Gasteiger partial charge in [-0.2, -0.15) is 12.6 Å². The Morgan fingerprint density at radius 1 is 1.24 bits per heavy atom. The minimum atomic E-state index is 0.121. The molecule has 1 aromatic heterocycles. The van der Waals surface area contributed by atoms with E-state index in [4.69, 9.17) is 4.98 Å². The van der Waals surface area contributed by atoms with Crippen LogP contribution in [-0.4, -0.2) is 23.0 Å². The van der Waals surface area contributed by atoms with Gasteiger partial charge >= 0.3 is 0 Å². The molecule has 2 nitrogen and oxygen atoms in total. The summed E-state index contributed by atoms with van der Waals surface area (Å²) >= 11 is 6.23. The molecule has 0 saturated heterocycles. The van der Waals surface area contributed by atoms with Gasteiger partial charge < -0.3 is 0 Å². The van der Waals surface area contributed by atoms with Crippen molar-refractivity contribution in [3.05, 3.63) is 15.6 Å². The number of rotatable bonds is 5. The molecule has 98 valence electrons. The van der Waals surface area contributed by atoms with Gasteiger partial charge in [0, 0.05) is 16.0 Å². The molecule has 0 unspecified atom stereocenters. The summed E-state index contributed by atoms with van der Waals surface area (Å²) in [5, 5.41) is 1.22. The highest BCUT2D eigenvalue weighted by Gasteiger charge is 2.22. The van der Waals surface area contributed by atoms with E-state index in [1.807, 2.05) is 11.3 Å². The van der Waals surface area contributed by atoms with E-state index < -0.39 is 0 Å². The summed E-state index contributed by atoms with van der Waals surface area (Å²) in [5.74, 6) is 0.794. The van der Waals surface area contributed by atoms with Gasteiger partial charge in [0.1, 0.15) is 5.01 Å². The van der Waals surface area contributed by atoms with Crippen molar-refractivity contribution in [3.63, 3.8) is 0 Å². The normalized spacial score (nSPS) is 12.4. The van der Waals surface area contributed by atoms with Crippen LogP contribution in [0, 0.1) is 0 Å². The number of thiazole rings is 1. The van der Waals surface area contributed by atoms with Gasteiger partial charge in [-0.1, -0.05) is 34.6 Å². The quantitative estimate of drug-likeness (QED) is 0.823. The van der Waals surface area contributed by atoms with Crippen molar-refractivity contribution >= 4 is 24.0 Å². The van der Waals surface area contributed by atoms with Crippen LogP contribution in [0.25, 0.3) is 0 Å². The zero-order valence-electron chi connectivity index (χ0n) is 11.6. The van der Waals surface area contributed by atoms with Crippen LogP contribution in [0.15, 0.2) is 0 Å². The van der Waals surface area contributed by atoms with Gasteiger partial charge in [-0.15, -0.1) is 11.3 Å². The van der Waals surface area contributed by atoms with Gasteiger partial charge in [0.05, 0.1) is 12.2 Å². The maximum Gasteiger partial charge on any atom is 0.107 e. The fourth-order valence-corrected chi connectivity index (χ4v) is 3.32. The molecule has 1 heterocycles. The minimum absolute atomic E-state index is 0.121. The van der Waals surface area contributed by atoms with E-state index in [9.17, 15) is 0 Å². The smallest absolute Gasteiger partial charge is 0.107 e. The van der Waals surface area contributed by atoms with Gasteiger partial charge in [-0.3, -0.25) is 4.90 Å². The molecule has 0 fully saturated rings. The molecule has 0 aliphatic carbocycles. The largest absolute Gasteiger partial charge is 0.297 e. The van der Waals surface area contributed by atoms with E-state index in [-0.39, 0.29) is 5.41 Å². The number of nitrogens with zero attached hydrogens (tertiary/aromatic N) is 2. The Morgan fingerprint density at radius 2 is 1.82 bits per heavy atom. The van der Waals surface area contributed by atoms with E-state index in [1.54, 1.807) is 0 Å². The molecule has 0 radical (unpaired) electrons. The number of aromatic nitrogens is 1. The van der Waals surface area contributed by atoms with Crippen LogP contribution in [-0.2, 0) is 17.7 Å². The van der Waals surface area contributed by atoms with Crippen molar-refractivity contribution in [2.24, 2.45) is 0 Å². The summed E-state index contributed by atoms with van der Waals surface area (Å²) in [6, 6.07) is 0. The highest BCUT2D eigenvalue weighted by molar-refractivity contribution is 7.79. The summed E-state index contributed by atoms with van der Waals surface area (Å²) in [5.41, 5.74) is 1.34.